The van der Waals surface area contributed by atoms with Crippen molar-refractivity contribution < 1.29 is 4.79 Å². The molecule has 0 radical (unpaired) electrons. The third-order valence-corrected chi connectivity index (χ3v) is 5.15. The van der Waals surface area contributed by atoms with Crippen LogP contribution in [0.1, 0.15) is 44.1 Å². The van der Waals surface area contributed by atoms with E-state index in [1.54, 1.807) is 0 Å². The van der Waals surface area contributed by atoms with Gasteiger partial charge in [-0.3, -0.25) is 4.79 Å². The summed E-state index contributed by atoms with van der Waals surface area (Å²) in [5.74, 6) is 0.997. The highest BCUT2D eigenvalue weighted by molar-refractivity contribution is 5.89. The van der Waals surface area contributed by atoms with Crippen molar-refractivity contribution in [2.75, 3.05) is 0 Å². The quantitative estimate of drug-likeness (QED) is 0.718. The van der Waals surface area contributed by atoms with Crippen LogP contribution >= 0.6 is 0 Å². The molecular weight excluding hydrogens is 232 g/mol. The number of fused-ring (bicyclic) bond motifs is 1. The second-order valence-corrected chi connectivity index (χ2v) is 6.14. The maximum atomic E-state index is 12.8. The molecule has 19 heavy (non-hydrogen) atoms. The molecule has 2 saturated carbocycles. The van der Waals surface area contributed by atoms with Gasteiger partial charge in [-0.15, -0.1) is 0 Å². The van der Waals surface area contributed by atoms with E-state index in [0.717, 1.165) is 32.1 Å². The van der Waals surface area contributed by atoms with Gasteiger partial charge < -0.3 is 0 Å². The van der Waals surface area contributed by atoms with Crippen LogP contribution in [0.15, 0.2) is 42.5 Å². The van der Waals surface area contributed by atoms with E-state index in [2.05, 4.69) is 30.8 Å². The Morgan fingerprint density at radius 1 is 1.11 bits per heavy atom. The summed E-state index contributed by atoms with van der Waals surface area (Å²) in [7, 11) is 0. The average molecular weight is 254 g/mol. The van der Waals surface area contributed by atoms with Crippen LogP contribution in [0.5, 0.6) is 0 Å². The first-order chi connectivity index (χ1) is 9.23. The Hall–Kier alpha value is -1.37. The Labute approximate surface area is 115 Å². The van der Waals surface area contributed by atoms with Crippen LogP contribution in [-0.2, 0) is 11.2 Å². The lowest BCUT2D eigenvalue weighted by Gasteiger charge is -2.34. The van der Waals surface area contributed by atoms with Gasteiger partial charge in [0.15, 0.2) is 0 Å². The van der Waals surface area contributed by atoms with E-state index in [9.17, 15) is 4.79 Å². The molecule has 0 heterocycles. The lowest BCUT2D eigenvalue weighted by atomic mass is 9.67. The van der Waals surface area contributed by atoms with Crippen LogP contribution in [-0.4, -0.2) is 5.78 Å². The second-order valence-electron chi connectivity index (χ2n) is 6.14. The van der Waals surface area contributed by atoms with Crippen LogP contribution < -0.4 is 0 Å². The molecule has 2 aliphatic rings. The standard InChI is InChI=1S/C18H22O/c1-14-11-12-16-9-5-6-10-17(19)18(14,16)13-15-7-3-2-4-8-15/h2-4,7-8,16H,1,5-6,9-13H2/t16-,18+/m1/s1. The van der Waals surface area contributed by atoms with Gasteiger partial charge in [-0.1, -0.05) is 48.9 Å². The molecule has 1 nitrogen and oxygen atoms in total. The van der Waals surface area contributed by atoms with Gasteiger partial charge in [0.2, 0.25) is 0 Å². The molecule has 0 aliphatic heterocycles. The number of benzene rings is 1. The van der Waals surface area contributed by atoms with E-state index < -0.39 is 0 Å². The van der Waals surface area contributed by atoms with Crippen molar-refractivity contribution in [3.05, 3.63) is 48.0 Å². The van der Waals surface area contributed by atoms with Crippen LogP contribution in [0.2, 0.25) is 0 Å². The minimum absolute atomic E-state index is 0.238. The number of hydrogen-bond acceptors (Lipinski definition) is 1. The van der Waals surface area contributed by atoms with Crippen molar-refractivity contribution in [2.24, 2.45) is 11.3 Å². The number of carbonyl (C=O) groups excluding carboxylic acids is 1. The fourth-order valence-electron chi connectivity index (χ4n) is 4.11. The lowest BCUT2D eigenvalue weighted by Crippen LogP contribution is -2.37. The van der Waals surface area contributed by atoms with Gasteiger partial charge >= 0.3 is 0 Å². The second kappa shape index (κ2) is 4.96. The zero-order chi connectivity index (χ0) is 13.3. The first-order valence-corrected chi connectivity index (χ1v) is 7.49. The van der Waals surface area contributed by atoms with Crippen molar-refractivity contribution in [1.29, 1.82) is 0 Å². The van der Waals surface area contributed by atoms with E-state index in [1.807, 2.05) is 6.07 Å². The van der Waals surface area contributed by atoms with Gasteiger partial charge in [0, 0.05) is 6.42 Å². The molecule has 1 heteroatoms. The molecule has 2 fully saturated rings. The zero-order valence-electron chi connectivity index (χ0n) is 11.5. The molecule has 0 N–H and O–H groups in total. The van der Waals surface area contributed by atoms with Crippen molar-refractivity contribution in [3.8, 4) is 0 Å². The molecule has 0 amide bonds. The Morgan fingerprint density at radius 2 is 1.89 bits per heavy atom. The number of ketones is 1. The summed E-state index contributed by atoms with van der Waals surface area (Å²) in [4.78, 5) is 12.8. The minimum atomic E-state index is -0.238. The third-order valence-electron chi connectivity index (χ3n) is 5.15. The number of hydrogen-bond donors (Lipinski definition) is 0. The molecule has 1 aromatic rings. The van der Waals surface area contributed by atoms with Gasteiger partial charge in [0.05, 0.1) is 5.41 Å². The number of allylic oxidation sites excluding steroid dienone is 1. The molecular formula is C18H22O. The fraction of sp³-hybridized carbons (Fsp3) is 0.500. The smallest absolute Gasteiger partial charge is 0.143 e. The summed E-state index contributed by atoms with van der Waals surface area (Å²) in [6, 6.07) is 10.5. The molecule has 1 aromatic carbocycles. The number of rotatable bonds is 2. The van der Waals surface area contributed by atoms with Gasteiger partial charge in [0.25, 0.3) is 0 Å². The van der Waals surface area contributed by atoms with Crippen molar-refractivity contribution in [1.82, 2.24) is 0 Å². The van der Waals surface area contributed by atoms with E-state index in [-0.39, 0.29) is 5.41 Å². The van der Waals surface area contributed by atoms with Gasteiger partial charge in [0.1, 0.15) is 5.78 Å². The van der Waals surface area contributed by atoms with Gasteiger partial charge in [-0.2, -0.15) is 0 Å². The zero-order valence-corrected chi connectivity index (χ0v) is 11.5. The first-order valence-electron chi connectivity index (χ1n) is 7.49. The van der Waals surface area contributed by atoms with Gasteiger partial charge in [-0.25, -0.2) is 0 Å². The first kappa shape index (κ1) is 12.7. The highest BCUT2D eigenvalue weighted by Gasteiger charge is 2.50. The topological polar surface area (TPSA) is 17.1 Å². The van der Waals surface area contributed by atoms with E-state index in [0.29, 0.717) is 11.7 Å². The summed E-state index contributed by atoms with van der Waals surface area (Å²) >= 11 is 0. The minimum Gasteiger partial charge on any atom is -0.299 e. The number of carbonyl (C=O) groups is 1. The van der Waals surface area contributed by atoms with Crippen LogP contribution in [0.25, 0.3) is 0 Å². The molecule has 0 aromatic heterocycles. The molecule has 0 bridgehead atoms. The summed E-state index contributed by atoms with van der Waals surface area (Å²) < 4.78 is 0. The third kappa shape index (κ3) is 2.05. The van der Waals surface area contributed by atoms with Crippen LogP contribution in [0.4, 0.5) is 0 Å². The highest BCUT2D eigenvalue weighted by atomic mass is 16.1. The SMILES string of the molecule is C=C1CC[C@H]2CCCCC(=O)[C@@]12Cc1ccccc1. The van der Waals surface area contributed by atoms with E-state index in [1.165, 1.54) is 24.0 Å². The monoisotopic (exact) mass is 254 g/mol. The fourth-order valence-corrected chi connectivity index (χ4v) is 4.11. The predicted octanol–water partition coefficient (Wildman–Crippen LogP) is 4.32. The lowest BCUT2D eigenvalue weighted by molar-refractivity contribution is -0.128. The number of Topliss-reactive ketones (excluding diaryl/α,β-unsaturated/α-hetero) is 1. The molecule has 2 atom stereocenters. The molecule has 100 valence electrons. The average Bonchev–Trinajstić information content (AvgIpc) is 2.64. The van der Waals surface area contributed by atoms with Crippen LogP contribution in [0, 0.1) is 11.3 Å². The van der Waals surface area contributed by atoms with Gasteiger partial charge in [-0.05, 0) is 43.6 Å². The highest BCUT2D eigenvalue weighted by Crippen LogP contribution is 2.53. The summed E-state index contributed by atoms with van der Waals surface area (Å²) in [6.45, 7) is 4.28. The molecule has 2 aliphatic carbocycles. The summed E-state index contributed by atoms with van der Waals surface area (Å²) in [5.41, 5.74) is 2.25. The normalized spacial score (nSPS) is 31.1. The Kier molecular flexibility index (Phi) is 3.30. The molecule has 3 rings (SSSR count). The Bertz CT molecular complexity index is 488. The Balaban J connectivity index is 1.99. The van der Waals surface area contributed by atoms with Crippen molar-refractivity contribution in [3.63, 3.8) is 0 Å². The predicted molar refractivity (Wildman–Crippen MR) is 77.9 cm³/mol. The summed E-state index contributed by atoms with van der Waals surface area (Å²) in [6.07, 6.45) is 7.32. The van der Waals surface area contributed by atoms with Crippen molar-refractivity contribution >= 4 is 5.78 Å². The molecule has 0 unspecified atom stereocenters. The van der Waals surface area contributed by atoms with E-state index in [4.69, 9.17) is 0 Å². The van der Waals surface area contributed by atoms with Crippen molar-refractivity contribution in [2.45, 2.75) is 44.9 Å². The Morgan fingerprint density at radius 3 is 2.68 bits per heavy atom. The molecule has 0 saturated heterocycles. The van der Waals surface area contributed by atoms with Crippen LogP contribution in [0.3, 0.4) is 0 Å². The summed E-state index contributed by atoms with van der Waals surface area (Å²) in [5, 5.41) is 0. The maximum absolute atomic E-state index is 12.8. The largest absolute Gasteiger partial charge is 0.299 e. The molecule has 0 spiro atoms. The van der Waals surface area contributed by atoms with E-state index >= 15 is 0 Å². The maximum Gasteiger partial charge on any atom is 0.143 e.